The molecule has 0 bridgehead atoms. The number of rotatable bonds is 9. The predicted octanol–water partition coefficient (Wildman–Crippen LogP) is -0.889. The minimum absolute atomic E-state index is 0.0222. The number of carbonyl (C=O) groups is 1. The van der Waals surface area contributed by atoms with Crippen LogP contribution in [0.3, 0.4) is 0 Å². The van der Waals surface area contributed by atoms with E-state index in [9.17, 15) is 4.79 Å². The lowest BCUT2D eigenvalue weighted by atomic mass is 10.3. The van der Waals surface area contributed by atoms with Crippen molar-refractivity contribution in [3.05, 3.63) is 0 Å². The number of amides is 1. The average Bonchev–Trinajstić information content (AvgIpc) is 2.18. The van der Waals surface area contributed by atoms with E-state index >= 15 is 0 Å². The van der Waals surface area contributed by atoms with Gasteiger partial charge in [0.1, 0.15) is 0 Å². The lowest BCUT2D eigenvalue weighted by Crippen LogP contribution is -2.35. The number of nitrogens with one attached hydrogen (secondary N) is 2. The molecule has 0 atom stereocenters. The Morgan fingerprint density at radius 2 is 2.14 bits per heavy atom. The summed E-state index contributed by atoms with van der Waals surface area (Å²) in [6.45, 7) is 2.39. The maximum atomic E-state index is 11.1. The van der Waals surface area contributed by atoms with Gasteiger partial charge in [-0.2, -0.15) is 0 Å². The molecule has 0 saturated carbocycles. The molecule has 0 aliphatic rings. The number of methoxy groups -OCH3 is 1. The van der Waals surface area contributed by atoms with E-state index in [-0.39, 0.29) is 12.5 Å². The van der Waals surface area contributed by atoms with Crippen molar-refractivity contribution < 1.29 is 14.6 Å². The molecule has 84 valence electrons. The van der Waals surface area contributed by atoms with E-state index < -0.39 is 0 Å². The molecular weight excluding hydrogens is 184 g/mol. The molecule has 0 aromatic carbocycles. The van der Waals surface area contributed by atoms with Crippen LogP contribution in [0.2, 0.25) is 0 Å². The molecule has 0 radical (unpaired) electrons. The van der Waals surface area contributed by atoms with E-state index in [0.29, 0.717) is 19.7 Å². The van der Waals surface area contributed by atoms with Gasteiger partial charge in [-0.1, -0.05) is 0 Å². The lowest BCUT2D eigenvalue weighted by Gasteiger charge is -2.05. The van der Waals surface area contributed by atoms with Crippen LogP contribution in [0, 0.1) is 0 Å². The molecule has 5 heteroatoms. The summed E-state index contributed by atoms with van der Waals surface area (Å²) in [5, 5.41) is 14.2. The van der Waals surface area contributed by atoms with E-state index in [4.69, 9.17) is 9.84 Å². The molecule has 0 aliphatic carbocycles. The Kier molecular flexibility index (Phi) is 9.95. The maximum absolute atomic E-state index is 11.1. The second-order valence-corrected chi connectivity index (χ2v) is 2.95. The summed E-state index contributed by atoms with van der Waals surface area (Å²) in [7, 11) is 1.60. The van der Waals surface area contributed by atoms with E-state index in [1.807, 2.05) is 0 Å². The van der Waals surface area contributed by atoms with E-state index in [0.717, 1.165) is 19.4 Å². The number of aliphatic hydroxyl groups is 1. The van der Waals surface area contributed by atoms with Crippen LogP contribution in [0.1, 0.15) is 12.8 Å². The Bertz CT molecular complexity index is 142. The first-order chi connectivity index (χ1) is 6.81. The van der Waals surface area contributed by atoms with Gasteiger partial charge in [0.05, 0.1) is 13.2 Å². The van der Waals surface area contributed by atoms with Crippen LogP contribution in [0.25, 0.3) is 0 Å². The quantitative estimate of drug-likeness (QED) is 0.426. The average molecular weight is 204 g/mol. The van der Waals surface area contributed by atoms with Crippen LogP contribution < -0.4 is 10.6 Å². The summed E-state index contributed by atoms with van der Waals surface area (Å²) in [4.78, 5) is 11.1. The Morgan fingerprint density at radius 3 is 2.79 bits per heavy atom. The molecule has 1 amide bonds. The van der Waals surface area contributed by atoms with Crippen LogP contribution in [-0.4, -0.2) is 51.0 Å². The van der Waals surface area contributed by atoms with Crippen molar-refractivity contribution in [1.82, 2.24) is 10.6 Å². The smallest absolute Gasteiger partial charge is 0.234 e. The maximum Gasteiger partial charge on any atom is 0.234 e. The summed E-state index contributed by atoms with van der Waals surface area (Å²) in [5.41, 5.74) is 0. The molecule has 0 aromatic rings. The molecule has 0 heterocycles. The van der Waals surface area contributed by atoms with Gasteiger partial charge in [-0.25, -0.2) is 0 Å². The molecule has 14 heavy (non-hydrogen) atoms. The van der Waals surface area contributed by atoms with Crippen LogP contribution in [-0.2, 0) is 9.53 Å². The van der Waals surface area contributed by atoms with Gasteiger partial charge < -0.3 is 20.5 Å². The van der Waals surface area contributed by atoms with E-state index in [1.54, 1.807) is 7.11 Å². The zero-order valence-corrected chi connectivity index (χ0v) is 8.71. The number of carbonyl (C=O) groups excluding carboxylic acids is 1. The highest BCUT2D eigenvalue weighted by Crippen LogP contribution is 1.82. The fraction of sp³-hybridized carbons (Fsp3) is 0.889. The van der Waals surface area contributed by atoms with Crippen molar-refractivity contribution in [1.29, 1.82) is 0 Å². The Hall–Kier alpha value is -0.650. The van der Waals surface area contributed by atoms with Gasteiger partial charge in [-0.3, -0.25) is 4.79 Å². The number of aliphatic hydroxyl groups excluding tert-OH is 1. The SMILES string of the molecule is COCCNC(=O)CNCCCCO. The largest absolute Gasteiger partial charge is 0.396 e. The second kappa shape index (κ2) is 10.4. The third kappa shape index (κ3) is 9.44. The molecule has 0 aromatic heterocycles. The third-order valence-electron chi connectivity index (χ3n) is 1.68. The highest BCUT2D eigenvalue weighted by atomic mass is 16.5. The summed E-state index contributed by atoms with van der Waals surface area (Å²) in [5.74, 6) is -0.0222. The van der Waals surface area contributed by atoms with Gasteiger partial charge in [0, 0.05) is 20.3 Å². The summed E-state index contributed by atoms with van der Waals surface area (Å²) < 4.78 is 4.79. The molecule has 0 unspecified atom stereocenters. The summed E-state index contributed by atoms with van der Waals surface area (Å²) in [6, 6.07) is 0. The van der Waals surface area contributed by atoms with Crippen molar-refractivity contribution in [2.45, 2.75) is 12.8 Å². The molecule has 0 rings (SSSR count). The standard InChI is InChI=1S/C9H20N2O3/c1-14-7-5-11-9(13)8-10-4-2-3-6-12/h10,12H,2-8H2,1H3,(H,11,13). The summed E-state index contributed by atoms with van der Waals surface area (Å²) >= 11 is 0. The Morgan fingerprint density at radius 1 is 1.36 bits per heavy atom. The highest BCUT2D eigenvalue weighted by molar-refractivity contribution is 5.77. The zero-order valence-electron chi connectivity index (χ0n) is 8.71. The van der Waals surface area contributed by atoms with Gasteiger partial charge in [0.15, 0.2) is 0 Å². The molecular formula is C9H20N2O3. The molecule has 0 saturated heterocycles. The highest BCUT2D eigenvalue weighted by Gasteiger charge is 1.98. The third-order valence-corrected chi connectivity index (χ3v) is 1.68. The van der Waals surface area contributed by atoms with Gasteiger partial charge in [-0.05, 0) is 19.4 Å². The first kappa shape index (κ1) is 13.4. The lowest BCUT2D eigenvalue weighted by molar-refractivity contribution is -0.120. The Balaban J connectivity index is 3.10. The summed E-state index contributed by atoms with van der Waals surface area (Å²) in [6.07, 6.45) is 1.67. The Labute approximate surface area is 84.8 Å². The number of hydrogen-bond donors (Lipinski definition) is 3. The number of hydrogen-bond acceptors (Lipinski definition) is 4. The van der Waals surface area contributed by atoms with Gasteiger partial charge in [0.25, 0.3) is 0 Å². The topological polar surface area (TPSA) is 70.6 Å². The van der Waals surface area contributed by atoms with Crippen LogP contribution in [0.15, 0.2) is 0 Å². The van der Waals surface area contributed by atoms with E-state index in [2.05, 4.69) is 10.6 Å². The predicted molar refractivity (Wildman–Crippen MR) is 54.1 cm³/mol. The van der Waals surface area contributed by atoms with Crippen LogP contribution in [0.4, 0.5) is 0 Å². The molecule has 3 N–H and O–H groups in total. The molecule has 0 spiro atoms. The first-order valence-corrected chi connectivity index (χ1v) is 4.88. The minimum Gasteiger partial charge on any atom is -0.396 e. The molecule has 0 aliphatic heterocycles. The molecule has 5 nitrogen and oxygen atoms in total. The zero-order chi connectivity index (χ0) is 10.6. The molecule has 0 fully saturated rings. The van der Waals surface area contributed by atoms with Crippen molar-refractivity contribution in [3.8, 4) is 0 Å². The van der Waals surface area contributed by atoms with Crippen molar-refractivity contribution in [3.63, 3.8) is 0 Å². The monoisotopic (exact) mass is 204 g/mol. The van der Waals surface area contributed by atoms with Crippen LogP contribution >= 0.6 is 0 Å². The van der Waals surface area contributed by atoms with Crippen molar-refractivity contribution in [2.75, 3.05) is 40.0 Å². The van der Waals surface area contributed by atoms with Gasteiger partial charge in [0.2, 0.25) is 5.91 Å². The normalized spacial score (nSPS) is 10.1. The van der Waals surface area contributed by atoms with E-state index in [1.165, 1.54) is 0 Å². The number of unbranched alkanes of at least 4 members (excludes halogenated alkanes) is 1. The fourth-order valence-electron chi connectivity index (χ4n) is 0.919. The van der Waals surface area contributed by atoms with Gasteiger partial charge >= 0.3 is 0 Å². The first-order valence-electron chi connectivity index (χ1n) is 4.88. The number of ether oxygens (including phenoxy) is 1. The fourth-order valence-corrected chi connectivity index (χ4v) is 0.919. The van der Waals surface area contributed by atoms with Gasteiger partial charge in [-0.15, -0.1) is 0 Å². The van der Waals surface area contributed by atoms with Crippen LogP contribution in [0.5, 0.6) is 0 Å². The minimum atomic E-state index is -0.0222. The van der Waals surface area contributed by atoms with Crippen molar-refractivity contribution in [2.24, 2.45) is 0 Å². The van der Waals surface area contributed by atoms with Crippen molar-refractivity contribution >= 4 is 5.91 Å². The second-order valence-electron chi connectivity index (χ2n) is 2.95.